The smallest absolute Gasteiger partial charge is 0.204 e. The Labute approximate surface area is 137 Å². The van der Waals surface area contributed by atoms with Crippen molar-refractivity contribution in [3.8, 4) is 23.0 Å². The monoisotopic (exact) mass is 314 g/mol. The Hall–Kier alpha value is -2.49. The Morgan fingerprint density at radius 2 is 1.91 bits per heavy atom. The van der Waals surface area contributed by atoms with Gasteiger partial charge in [-0.15, -0.1) is 0 Å². The molecule has 0 aliphatic rings. The van der Waals surface area contributed by atoms with Crippen molar-refractivity contribution in [1.29, 1.82) is 0 Å². The minimum absolute atomic E-state index is 0.479. The summed E-state index contributed by atoms with van der Waals surface area (Å²) in [6.45, 7) is 4.66. The highest BCUT2D eigenvalue weighted by molar-refractivity contribution is 5.78. The Morgan fingerprint density at radius 3 is 2.57 bits per heavy atom. The number of methoxy groups -OCH3 is 1. The highest BCUT2D eigenvalue weighted by Crippen LogP contribution is 2.40. The zero-order valence-corrected chi connectivity index (χ0v) is 13.8. The molecule has 4 heteroatoms. The summed E-state index contributed by atoms with van der Waals surface area (Å²) in [4.78, 5) is 11.2. The summed E-state index contributed by atoms with van der Waals surface area (Å²) in [5.74, 6) is 2.19. The number of aldehydes is 1. The second-order valence-electron chi connectivity index (χ2n) is 5.29. The maximum absolute atomic E-state index is 11.2. The van der Waals surface area contributed by atoms with E-state index in [0.29, 0.717) is 35.2 Å². The minimum Gasteiger partial charge on any atom is -0.493 e. The van der Waals surface area contributed by atoms with E-state index in [9.17, 15) is 4.79 Å². The van der Waals surface area contributed by atoms with Crippen LogP contribution < -0.4 is 14.2 Å². The van der Waals surface area contributed by atoms with Crippen molar-refractivity contribution < 1.29 is 19.0 Å². The largest absolute Gasteiger partial charge is 0.493 e. The van der Waals surface area contributed by atoms with Gasteiger partial charge in [0.2, 0.25) is 5.75 Å². The van der Waals surface area contributed by atoms with Crippen molar-refractivity contribution in [3.05, 3.63) is 47.5 Å². The van der Waals surface area contributed by atoms with Crippen molar-refractivity contribution in [2.45, 2.75) is 26.7 Å². The Balaban J connectivity index is 2.38. The average Bonchev–Trinajstić information content (AvgIpc) is 2.56. The van der Waals surface area contributed by atoms with Crippen molar-refractivity contribution in [3.63, 3.8) is 0 Å². The van der Waals surface area contributed by atoms with Gasteiger partial charge in [-0.05, 0) is 43.2 Å². The van der Waals surface area contributed by atoms with Crippen LogP contribution in [0.5, 0.6) is 23.0 Å². The standard InChI is InChI=1S/C19H22O4/c1-4-5-9-22-19-17(21-3)11-15(13-20)12-18(19)23-16-8-6-7-14(2)10-16/h6-8,10-13H,4-5,9H2,1-3H3. The van der Waals surface area contributed by atoms with Crippen molar-refractivity contribution >= 4 is 6.29 Å². The first-order chi connectivity index (χ1) is 11.2. The van der Waals surface area contributed by atoms with Crippen molar-refractivity contribution in [1.82, 2.24) is 0 Å². The summed E-state index contributed by atoms with van der Waals surface area (Å²) in [6.07, 6.45) is 2.73. The summed E-state index contributed by atoms with van der Waals surface area (Å²) in [5.41, 5.74) is 1.57. The normalized spacial score (nSPS) is 10.2. The lowest BCUT2D eigenvalue weighted by molar-refractivity contribution is 0.112. The summed E-state index contributed by atoms with van der Waals surface area (Å²) >= 11 is 0. The van der Waals surface area contributed by atoms with Gasteiger partial charge in [0.05, 0.1) is 13.7 Å². The van der Waals surface area contributed by atoms with Crippen LogP contribution in [0.15, 0.2) is 36.4 Å². The van der Waals surface area contributed by atoms with Crippen LogP contribution in [-0.2, 0) is 0 Å². The first-order valence-corrected chi connectivity index (χ1v) is 7.72. The lowest BCUT2D eigenvalue weighted by Crippen LogP contribution is -2.02. The lowest BCUT2D eigenvalue weighted by Gasteiger charge is -2.16. The first kappa shape index (κ1) is 16.9. The van der Waals surface area contributed by atoms with Crippen LogP contribution in [0.1, 0.15) is 35.7 Å². The number of hydrogen-bond acceptors (Lipinski definition) is 4. The van der Waals surface area contributed by atoms with Crippen LogP contribution in [0.3, 0.4) is 0 Å². The second kappa shape index (κ2) is 8.22. The van der Waals surface area contributed by atoms with E-state index >= 15 is 0 Å². The predicted octanol–water partition coefficient (Wildman–Crippen LogP) is 4.79. The molecule has 0 amide bonds. The molecule has 0 aromatic heterocycles. The van der Waals surface area contributed by atoms with E-state index in [0.717, 1.165) is 24.7 Å². The Kier molecular flexibility index (Phi) is 6.03. The maximum atomic E-state index is 11.2. The van der Waals surface area contributed by atoms with Gasteiger partial charge >= 0.3 is 0 Å². The van der Waals surface area contributed by atoms with E-state index in [2.05, 4.69) is 6.92 Å². The van der Waals surface area contributed by atoms with E-state index in [1.807, 2.05) is 31.2 Å². The Morgan fingerprint density at radius 1 is 1.13 bits per heavy atom. The van der Waals surface area contributed by atoms with Gasteiger partial charge in [0, 0.05) is 5.56 Å². The molecule has 0 spiro atoms. The molecular weight excluding hydrogens is 292 g/mol. The second-order valence-corrected chi connectivity index (χ2v) is 5.29. The number of unbranched alkanes of at least 4 members (excludes halogenated alkanes) is 1. The van der Waals surface area contributed by atoms with Gasteiger partial charge in [-0.3, -0.25) is 4.79 Å². The highest BCUT2D eigenvalue weighted by Gasteiger charge is 2.15. The van der Waals surface area contributed by atoms with Gasteiger partial charge in [-0.1, -0.05) is 25.5 Å². The fraction of sp³-hybridized carbons (Fsp3) is 0.316. The molecule has 4 nitrogen and oxygen atoms in total. The molecule has 2 aromatic rings. The van der Waals surface area contributed by atoms with E-state index in [-0.39, 0.29) is 0 Å². The van der Waals surface area contributed by atoms with Crippen LogP contribution in [0.4, 0.5) is 0 Å². The highest BCUT2D eigenvalue weighted by atomic mass is 16.5. The molecule has 2 rings (SSSR count). The molecular formula is C19H22O4. The number of benzene rings is 2. The van der Waals surface area contributed by atoms with E-state index in [4.69, 9.17) is 14.2 Å². The summed E-state index contributed by atoms with van der Waals surface area (Å²) < 4.78 is 17.1. The SMILES string of the molecule is CCCCOc1c(OC)cc(C=O)cc1Oc1cccc(C)c1. The first-order valence-electron chi connectivity index (χ1n) is 7.72. The molecule has 0 unspecified atom stereocenters. The van der Waals surface area contributed by atoms with Crippen molar-refractivity contribution in [2.75, 3.05) is 13.7 Å². The molecule has 0 saturated heterocycles. The van der Waals surface area contributed by atoms with Gasteiger partial charge < -0.3 is 14.2 Å². The third-order valence-electron chi connectivity index (χ3n) is 3.36. The molecule has 0 fully saturated rings. The summed E-state index contributed by atoms with van der Waals surface area (Å²) in [5, 5.41) is 0. The molecule has 2 aromatic carbocycles. The molecule has 0 aliphatic carbocycles. The van der Waals surface area contributed by atoms with Gasteiger partial charge in [0.25, 0.3) is 0 Å². The van der Waals surface area contributed by atoms with Crippen molar-refractivity contribution in [2.24, 2.45) is 0 Å². The van der Waals surface area contributed by atoms with Gasteiger partial charge in [0.15, 0.2) is 11.5 Å². The van der Waals surface area contributed by atoms with Gasteiger partial charge in [-0.2, -0.15) is 0 Å². The van der Waals surface area contributed by atoms with Crippen LogP contribution in [0, 0.1) is 6.92 Å². The van der Waals surface area contributed by atoms with E-state index in [1.165, 1.54) is 0 Å². The fourth-order valence-electron chi connectivity index (χ4n) is 2.16. The van der Waals surface area contributed by atoms with Crippen LogP contribution >= 0.6 is 0 Å². The predicted molar refractivity (Wildman–Crippen MR) is 90.0 cm³/mol. The maximum Gasteiger partial charge on any atom is 0.204 e. The molecule has 0 aliphatic heterocycles. The average molecular weight is 314 g/mol. The van der Waals surface area contributed by atoms with E-state index < -0.39 is 0 Å². The number of hydrogen-bond donors (Lipinski definition) is 0. The molecule has 0 radical (unpaired) electrons. The number of carbonyl (C=O) groups excluding carboxylic acids is 1. The number of ether oxygens (including phenoxy) is 3. The van der Waals surface area contributed by atoms with Gasteiger partial charge in [-0.25, -0.2) is 0 Å². The number of aryl methyl sites for hydroxylation is 1. The lowest BCUT2D eigenvalue weighted by atomic mass is 10.2. The molecule has 23 heavy (non-hydrogen) atoms. The minimum atomic E-state index is 0.479. The molecule has 0 bridgehead atoms. The molecule has 122 valence electrons. The topological polar surface area (TPSA) is 44.8 Å². The van der Waals surface area contributed by atoms with Gasteiger partial charge in [0.1, 0.15) is 12.0 Å². The third-order valence-corrected chi connectivity index (χ3v) is 3.36. The summed E-state index contributed by atoms with van der Waals surface area (Å²) in [7, 11) is 1.55. The number of carbonyl (C=O) groups is 1. The molecule has 0 heterocycles. The molecule has 0 saturated carbocycles. The third kappa shape index (κ3) is 4.49. The van der Waals surface area contributed by atoms with E-state index in [1.54, 1.807) is 19.2 Å². The van der Waals surface area contributed by atoms with Crippen LogP contribution in [0.25, 0.3) is 0 Å². The number of rotatable bonds is 8. The fourth-order valence-corrected chi connectivity index (χ4v) is 2.16. The summed E-state index contributed by atoms with van der Waals surface area (Å²) in [6, 6.07) is 11.0. The zero-order valence-electron chi connectivity index (χ0n) is 13.8. The van der Waals surface area contributed by atoms with Crippen LogP contribution in [0.2, 0.25) is 0 Å². The Bertz CT molecular complexity index is 664. The van der Waals surface area contributed by atoms with Crippen LogP contribution in [-0.4, -0.2) is 20.0 Å². The molecule has 0 N–H and O–H groups in total. The zero-order chi connectivity index (χ0) is 16.7. The quantitative estimate of drug-likeness (QED) is 0.519. The molecule has 0 atom stereocenters.